The Morgan fingerprint density at radius 1 is 0.507 bits per heavy atom. The number of benzene rings is 5. The molecule has 5 aromatic carbocycles. The van der Waals surface area contributed by atoms with E-state index in [2.05, 4.69) is 145 Å². The molecule has 3 aliphatic rings. The quantitative estimate of drug-likeness (QED) is 0.0385. The van der Waals surface area contributed by atoms with Crippen LogP contribution in [0.4, 0.5) is 5.69 Å². The van der Waals surface area contributed by atoms with Crippen LogP contribution in [0.15, 0.2) is 130 Å². The van der Waals surface area contributed by atoms with Gasteiger partial charge in [0.15, 0.2) is 0 Å². The molecule has 75 heavy (non-hydrogen) atoms. The molecule has 6 heterocycles. The summed E-state index contributed by atoms with van der Waals surface area (Å²) in [4.78, 5) is 80.4. The maximum absolute atomic E-state index is 11.0. The SMILES string of the molecule is C.CN=C=O.CN=C=O.COC#N.COC#N.Cn1c2nc3[n+](C)c(nc4c5ccccc5c(nc5[n+](C)c(nc1c1ccccc12)-c1ccccc1-5)n4C)-c1ccccc1-3.O=C=Nc1ccc2c(c1)C(=O)OC2=O. The molecule has 0 aliphatic carbocycles. The molecular formula is C54H47N13O8+2. The summed E-state index contributed by atoms with van der Waals surface area (Å²) in [5.41, 5.74) is 8.16. The molecule has 0 unspecified atom stereocenters. The van der Waals surface area contributed by atoms with E-state index >= 15 is 0 Å². The topological polar surface area (TPSA) is 267 Å². The highest BCUT2D eigenvalue weighted by molar-refractivity contribution is 6.15. The Morgan fingerprint density at radius 3 is 1.08 bits per heavy atom. The second-order valence-electron chi connectivity index (χ2n) is 15.3. The minimum atomic E-state index is -0.715. The number of ether oxygens (including phenoxy) is 3. The van der Waals surface area contributed by atoms with E-state index in [4.69, 9.17) is 40.0 Å². The predicted molar refractivity (Wildman–Crippen MR) is 276 cm³/mol. The second kappa shape index (κ2) is 25.4. The third-order valence-corrected chi connectivity index (χ3v) is 11.2. The molecule has 0 amide bonds. The summed E-state index contributed by atoms with van der Waals surface area (Å²) in [5, 5.41) is 19.0. The standard InChI is InChI=1S/C36H28N8.C9H3NO4.4C2H3NO.CH4/c1-41-29-21-13-5-6-14-22(21)30(41)38-32-24-16-8-10-18-26(24)34(43(32)3)40-36-28-20-12-11-19-27(28)35(44(36)4)39-33-25-17-9-7-15-23(25)31(37-29)42(33)2;11-4-10-5-1-2-6-7(3-5)9(13)14-8(6)12;2*1-4-2-3;2*1-3-2-4;/h5-20H,1-4H3;1-3H;4*1H3;1H4/q+2;;;;;;. The number of aliphatic imine (C=N–C) groups is 3. The van der Waals surface area contributed by atoms with Crippen LogP contribution in [0.1, 0.15) is 28.1 Å². The molecule has 0 atom stereocenters. The molecule has 0 saturated carbocycles. The number of nitrogens with zero attached hydrogens (tertiary/aromatic N) is 13. The molecule has 21 heteroatoms. The lowest BCUT2D eigenvalue weighted by molar-refractivity contribution is -0.650. The number of carbonyl (C=O) groups is 2. The van der Waals surface area contributed by atoms with Crippen molar-refractivity contribution in [1.82, 2.24) is 29.1 Å². The molecule has 0 radical (unpaired) electrons. The number of isocyanates is 3. The van der Waals surface area contributed by atoms with Crippen molar-refractivity contribution in [1.29, 1.82) is 10.5 Å². The highest BCUT2D eigenvalue weighted by Crippen LogP contribution is 2.36. The monoisotopic (exact) mass is 1010 g/mol. The number of nitriles is 2. The van der Waals surface area contributed by atoms with Crippen molar-refractivity contribution in [3.63, 3.8) is 0 Å². The maximum Gasteiger partial charge on any atom is 0.346 e. The number of rotatable bonds is 1. The average molecular weight is 1010 g/mol. The molecule has 3 aromatic heterocycles. The number of hydrogen-bond donors (Lipinski definition) is 0. The van der Waals surface area contributed by atoms with Gasteiger partial charge in [-0.25, -0.2) is 43.1 Å². The van der Waals surface area contributed by atoms with Crippen molar-refractivity contribution in [3.05, 3.63) is 126 Å². The molecule has 374 valence electrons. The minimum Gasteiger partial charge on any atom is -0.431 e. The zero-order valence-electron chi connectivity index (χ0n) is 41.0. The number of carbonyl (C=O) groups excluding carboxylic acids is 5. The van der Waals surface area contributed by atoms with E-state index in [1.54, 1.807) is 0 Å². The van der Waals surface area contributed by atoms with Crippen LogP contribution in [0.3, 0.4) is 0 Å². The fraction of sp³-hybridized carbons (Fsp3) is 0.167. The summed E-state index contributed by atoms with van der Waals surface area (Å²) >= 11 is 0. The Morgan fingerprint density at radius 2 is 0.800 bits per heavy atom. The molecule has 8 aromatic rings. The van der Waals surface area contributed by atoms with E-state index in [-0.39, 0.29) is 24.2 Å². The fourth-order valence-electron chi connectivity index (χ4n) is 8.02. The lowest BCUT2D eigenvalue weighted by Crippen LogP contribution is -2.31. The van der Waals surface area contributed by atoms with Crippen LogP contribution in [-0.2, 0) is 56.8 Å². The molecule has 11 rings (SSSR count). The van der Waals surface area contributed by atoms with E-state index < -0.39 is 11.9 Å². The van der Waals surface area contributed by atoms with Gasteiger partial charge in [0.1, 0.15) is 0 Å². The van der Waals surface area contributed by atoms with Crippen molar-refractivity contribution in [2.24, 2.45) is 43.2 Å². The van der Waals surface area contributed by atoms with Crippen LogP contribution in [0, 0.1) is 23.0 Å². The van der Waals surface area contributed by atoms with Crippen LogP contribution in [0.2, 0.25) is 0 Å². The van der Waals surface area contributed by atoms with Gasteiger partial charge in [0.25, 0.3) is 35.8 Å². The summed E-state index contributed by atoms with van der Waals surface area (Å²) in [7, 11) is 13.6. The smallest absolute Gasteiger partial charge is 0.346 e. The van der Waals surface area contributed by atoms with E-state index in [0.29, 0.717) is 0 Å². The Labute approximate surface area is 428 Å². The van der Waals surface area contributed by atoms with E-state index in [1.165, 1.54) is 77.3 Å². The Balaban J connectivity index is 0.000000275. The van der Waals surface area contributed by atoms with Crippen molar-refractivity contribution >= 4 is 80.0 Å². The summed E-state index contributed by atoms with van der Waals surface area (Å²) in [6, 6.07) is 37.6. The van der Waals surface area contributed by atoms with Crippen molar-refractivity contribution in [2.75, 3.05) is 28.3 Å². The number of hydrogen-bond acceptors (Lipinski definition) is 17. The number of aromatic nitrogens is 8. The first-order valence-corrected chi connectivity index (χ1v) is 21.8. The summed E-state index contributed by atoms with van der Waals surface area (Å²) < 4.78 is 20.4. The number of fused-ring (bicyclic) bond motifs is 21. The van der Waals surface area contributed by atoms with Gasteiger partial charge >= 0.3 is 11.9 Å². The molecule has 8 bridgehead atoms. The molecule has 0 spiro atoms. The van der Waals surface area contributed by atoms with E-state index in [9.17, 15) is 14.4 Å². The molecule has 0 fully saturated rings. The van der Waals surface area contributed by atoms with E-state index in [1.807, 2.05) is 28.2 Å². The van der Waals surface area contributed by atoms with Gasteiger partial charge in [-0.3, -0.25) is 9.13 Å². The molecule has 21 nitrogen and oxygen atoms in total. The fourth-order valence-corrected chi connectivity index (χ4v) is 8.02. The van der Waals surface area contributed by atoms with Crippen molar-refractivity contribution in [2.45, 2.75) is 7.43 Å². The van der Waals surface area contributed by atoms with Gasteiger partial charge in [0.2, 0.25) is 40.8 Å². The minimum absolute atomic E-state index is 0. The molecule has 3 aliphatic heterocycles. The first kappa shape index (κ1) is 55.2. The zero-order valence-corrected chi connectivity index (χ0v) is 41.0. The summed E-state index contributed by atoms with van der Waals surface area (Å²) in [5.74, 6) is 2.00. The first-order chi connectivity index (χ1) is 35.9. The Bertz CT molecular complexity index is 3550. The van der Waals surface area contributed by atoms with Gasteiger partial charge < -0.3 is 14.2 Å². The van der Waals surface area contributed by atoms with Crippen molar-refractivity contribution in [3.8, 4) is 58.1 Å². The number of aryl methyl sites for hydroxylation is 2. The number of cyclic esters (lactones) is 2. The predicted octanol–water partition coefficient (Wildman–Crippen LogP) is 7.48. The first-order valence-electron chi connectivity index (χ1n) is 21.8. The lowest BCUT2D eigenvalue weighted by atomic mass is 10.1. The zero-order chi connectivity index (χ0) is 53.5. The van der Waals surface area contributed by atoms with E-state index in [0.717, 1.165) is 89.7 Å². The highest BCUT2D eigenvalue weighted by atomic mass is 16.6. The van der Waals surface area contributed by atoms with Crippen molar-refractivity contribution < 1.29 is 47.3 Å². The van der Waals surface area contributed by atoms with Gasteiger partial charge in [-0.2, -0.15) is 15.5 Å². The molecule has 0 saturated heterocycles. The number of methoxy groups -OCH3 is 2. The lowest BCUT2D eigenvalue weighted by Gasteiger charge is -1.94. The number of esters is 2. The van der Waals surface area contributed by atoms with Crippen LogP contribution < -0.4 is 9.13 Å². The van der Waals surface area contributed by atoms with Crippen LogP contribution in [-0.4, -0.2) is 87.6 Å². The van der Waals surface area contributed by atoms with Crippen LogP contribution >= 0.6 is 0 Å². The second-order valence-corrected chi connectivity index (χ2v) is 15.3. The van der Waals surface area contributed by atoms with Gasteiger partial charge in [-0.1, -0.05) is 75.9 Å². The van der Waals surface area contributed by atoms with Gasteiger partial charge in [-0.15, -0.1) is 0 Å². The van der Waals surface area contributed by atoms with Gasteiger partial charge in [-0.05, 0) is 66.7 Å². The van der Waals surface area contributed by atoms with Crippen LogP contribution in [0.25, 0.3) is 89.7 Å². The average Bonchev–Trinajstić information content (AvgIpc) is 4.14. The third-order valence-electron chi connectivity index (χ3n) is 11.2. The largest absolute Gasteiger partial charge is 0.431 e. The van der Waals surface area contributed by atoms with Crippen LogP contribution in [0.5, 0.6) is 0 Å². The highest BCUT2D eigenvalue weighted by Gasteiger charge is 2.33. The Kier molecular flexibility index (Phi) is 18.7. The third kappa shape index (κ3) is 11.3. The maximum atomic E-state index is 11.0. The van der Waals surface area contributed by atoms with Gasteiger partial charge in [0, 0.05) is 49.7 Å². The summed E-state index contributed by atoms with van der Waals surface area (Å²) in [6.45, 7) is 0. The normalized spacial score (nSPS) is 10.4. The molecular weight excluding hydrogens is 959 g/mol. The summed E-state index contributed by atoms with van der Waals surface area (Å²) in [6.07, 6.45) is 6.81. The Hall–Kier alpha value is -10.7. The van der Waals surface area contributed by atoms with Gasteiger partial charge in [0.05, 0.1) is 67.4 Å². The molecule has 0 N–H and O–H groups in total.